The number of aryl methyl sites for hydroxylation is 2. The highest BCUT2D eigenvalue weighted by atomic mass is 35.5. The smallest absolute Gasteiger partial charge is 0.326 e. The molecule has 4 atom stereocenters. The van der Waals surface area contributed by atoms with E-state index in [1.807, 2.05) is 36.1 Å². The van der Waals surface area contributed by atoms with Gasteiger partial charge < -0.3 is 14.8 Å². The number of nitrogens with zero attached hydrogens (tertiary/aromatic N) is 6. The number of urea groups is 1. The van der Waals surface area contributed by atoms with Crippen molar-refractivity contribution in [3.8, 4) is 17.2 Å². The van der Waals surface area contributed by atoms with Crippen LogP contribution in [-0.4, -0.2) is 51.1 Å². The first-order chi connectivity index (χ1) is 23.3. The minimum absolute atomic E-state index is 0.0773. The van der Waals surface area contributed by atoms with Gasteiger partial charge in [-0.05, 0) is 74.9 Å². The monoisotopic (exact) mass is 681 g/mol. The van der Waals surface area contributed by atoms with Crippen LogP contribution < -0.4 is 10.2 Å². The van der Waals surface area contributed by atoms with Crippen molar-refractivity contribution in [2.75, 3.05) is 24.5 Å². The Kier molecular flexibility index (Phi) is 7.78. The number of amides is 2. The van der Waals surface area contributed by atoms with Crippen LogP contribution in [0.4, 0.5) is 15.0 Å². The third-order valence-corrected chi connectivity index (χ3v) is 11.3. The summed E-state index contributed by atoms with van der Waals surface area (Å²) in [6.07, 6.45) is 4.15. The molecule has 4 aliphatic rings. The molecular formula is C37H34Cl2FN7O. The van der Waals surface area contributed by atoms with E-state index in [0.29, 0.717) is 64.0 Å². The van der Waals surface area contributed by atoms with Gasteiger partial charge in [0.1, 0.15) is 11.3 Å². The molecule has 1 saturated carbocycles. The summed E-state index contributed by atoms with van der Waals surface area (Å²) in [5.41, 5.74) is 4.34. The lowest BCUT2D eigenvalue weighted by Crippen LogP contribution is -2.51. The van der Waals surface area contributed by atoms with Gasteiger partial charge in [0.25, 0.3) is 0 Å². The molecule has 9 rings (SSSR count). The number of carbonyl (C=O) groups is 1. The summed E-state index contributed by atoms with van der Waals surface area (Å²) in [6.45, 7) is 6.14. The lowest BCUT2D eigenvalue weighted by Gasteiger charge is -2.42. The van der Waals surface area contributed by atoms with Gasteiger partial charge in [-0.25, -0.2) is 19.2 Å². The van der Waals surface area contributed by atoms with E-state index in [0.717, 1.165) is 36.0 Å². The fraction of sp³-hybridized carbons (Fsp3) is 0.351. The molecule has 0 spiro atoms. The van der Waals surface area contributed by atoms with Gasteiger partial charge in [-0.3, -0.25) is 4.90 Å². The molecule has 2 bridgehead atoms. The summed E-state index contributed by atoms with van der Waals surface area (Å²) in [7, 11) is 0. The Hall–Kier alpha value is -4.23. The largest absolute Gasteiger partial charge is 0.337 e. The molecule has 3 saturated heterocycles. The summed E-state index contributed by atoms with van der Waals surface area (Å²) in [6, 6.07) is 17.2. The standard InChI is InChI=1S/C37H34Cl2FN7O/c1-20-25-18-29(21(2)45-14-7-15-46(37(45)48)30-11-3-4-13-42-30)47(35-23-17-28(35)43-19-23)36(25)26-16-22(8-6-12-41)31(33(40)34(26)44-20)24-9-5-10-27(38)32(24)39/h3-5,9-11,13,16,18,21,23,28,35,43H,6-8,14-15,17,19H2,1-2H3. The molecule has 244 valence electrons. The molecule has 11 heteroatoms. The number of nitrogens with one attached hydrogen (secondary N) is 1. The molecule has 6 heterocycles. The number of nitriles is 1. The number of hydrogen-bond acceptors (Lipinski definition) is 5. The lowest BCUT2D eigenvalue weighted by atomic mass is 9.79. The first-order valence-corrected chi connectivity index (χ1v) is 17.2. The van der Waals surface area contributed by atoms with Crippen molar-refractivity contribution in [1.82, 2.24) is 24.8 Å². The van der Waals surface area contributed by atoms with E-state index in [1.165, 1.54) is 0 Å². The summed E-state index contributed by atoms with van der Waals surface area (Å²) < 4.78 is 19.4. The summed E-state index contributed by atoms with van der Waals surface area (Å²) in [5, 5.41) is 15.4. The molecule has 3 aromatic heterocycles. The average molecular weight is 683 g/mol. The Labute approximate surface area is 288 Å². The Morgan fingerprint density at radius 1 is 1.15 bits per heavy atom. The van der Waals surface area contributed by atoms with E-state index >= 15 is 4.39 Å². The quantitative estimate of drug-likeness (QED) is 0.186. The number of halogens is 3. The summed E-state index contributed by atoms with van der Waals surface area (Å²) >= 11 is 13.0. The van der Waals surface area contributed by atoms with Gasteiger partial charge in [-0.2, -0.15) is 5.26 Å². The number of benzene rings is 2. The van der Waals surface area contributed by atoms with Crippen molar-refractivity contribution < 1.29 is 9.18 Å². The maximum absolute atomic E-state index is 17.0. The predicted octanol–water partition coefficient (Wildman–Crippen LogP) is 8.39. The zero-order chi connectivity index (χ0) is 33.3. The number of hydrogen-bond donors (Lipinski definition) is 1. The van der Waals surface area contributed by atoms with Crippen molar-refractivity contribution >= 4 is 56.9 Å². The molecule has 4 unspecified atom stereocenters. The molecule has 1 aliphatic carbocycles. The van der Waals surface area contributed by atoms with E-state index < -0.39 is 5.82 Å². The molecule has 2 amide bonds. The SMILES string of the molecule is Cc1nc2c(F)c(-c3cccc(Cl)c3Cl)c(CCC#N)cc2c2c1cc(C(C)N1CCCN(c3ccccn3)C1=O)n2C1C2CNC1C2. The number of fused-ring (bicyclic) bond motifs is 4. The van der Waals surface area contributed by atoms with Gasteiger partial charge in [0.2, 0.25) is 0 Å². The fourth-order valence-electron chi connectivity index (χ4n) is 8.15. The van der Waals surface area contributed by atoms with Crippen molar-refractivity contribution in [2.45, 2.75) is 57.7 Å². The number of aromatic nitrogens is 3. The van der Waals surface area contributed by atoms with Gasteiger partial charge in [-0.15, -0.1) is 0 Å². The van der Waals surface area contributed by atoms with Crippen molar-refractivity contribution in [1.29, 1.82) is 5.26 Å². The first-order valence-electron chi connectivity index (χ1n) is 16.5. The minimum atomic E-state index is -0.483. The van der Waals surface area contributed by atoms with E-state index in [4.69, 9.17) is 28.2 Å². The van der Waals surface area contributed by atoms with Gasteiger partial charge >= 0.3 is 6.03 Å². The highest BCUT2D eigenvalue weighted by Gasteiger charge is 2.49. The fourth-order valence-corrected chi connectivity index (χ4v) is 8.55. The Balaban J connectivity index is 1.35. The number of carbonyl (C=O) groups excluding carboxylic acids is 1. The molecule has 3 aliphatic heterocycles. The van der Waals surface area contributed by atoms with Crippen LogP contribution in [0.25, 0.3) is 32.9 Å². The molecule has 48 heavy (non-hydrogen) atoms. The Morgan fingerprint density at radius 2 is 2.00 bits per heavy atom. The van der Waals surface area contributed by atoms with E-state index in [9.17, 15) is 10.1 Å². The van der Waals surface area contributed by atoms with Gasteiger partial charge in [0.15, 0.2) is 5.82 Å². The van der Waals surface area contributed by atoms with Crippen LogP contribution in [0.5, 0.6) is 0 Å². The molecule has 1 N–H and O–H groups in total. The van der Waals surface area contributed by atoms with Crippen molar-refractivity contribution in [2.24, 2.45) is 5.92 Å². The molecule has 4 fully saturated rings. The van der Waals surface area contributed by atoms with Crippen molar-refractivity contribution in [3.63, 3.8) is 0 Å². The molecule has 2 aromatic carbocycles. The molecule has 0 radical (unpaired) electrons. The number of anilines is 1. The van der Waals surface area contributed by atoms with Crippen LogP contribution >= 0.6 is 23.2 Å². The second kappa shape index (κ2) is 12.0. The highest BCUT2D eigenvalue weighted by molar-refractivity contribution is 6.43. The third kappa shape index (κ3) is 4.76. The normalized spacial score (nSPS) is 21.2. The average Bonchev–Trinajstić information content (AvgIpc) is 3.83. The Morgan fingerprint density at radius 3 is 2.73 bits per heavy atom. The predicted molar refractivity (Wildman–Crippen MR) is 187 cm³/mol. The summed E-state index contributed by atoms with van der Waals surface area (Å²) in [4.78, 5) is 27.0. The number of rotatable bonds is 7. The molecule has 5 aromatic rings. The zero-order valence-corrected chi connectivity index (χ0v) is 28.2. The van der Waals surface area contributed by atoms with Crippen LogP contribution in [0.3, 0.4) is 0 Å². The first kappa shape index (κ1) is 31.1. The Bertz CT molecular complexity index is 2130. The molecular weight excluding hydrogens is 648 g/mol. The van der Waals surface area contributed by atoms with Crippen LogP contribution in [0.2, 0.25) is 10.0 Å². The molecule has 8 nitrogen and oxygen atoms in total. The van der Waals surface area contributed by atoms with Crippen LogP contribution in [0, 0.1) is 30.0 Å². The summed E-state index contributed by atoms with van der Waals surface area (Å²) in [5.74, 6) is 0.585. The van der Waals surface area contributed by atoms with Crippen LogP contribution in [0.15, 0.2) is 54.7 Å². The van der Waals surface area contributed by atoms with E-state index in [2.05, 4.69) is 33.9 Å². The van der Waals surface area contributed by atoms with Gasteiger partial charge in [0.05, 0.1) is 33.7 Å². The third-order valence-electron chi connectivity index (χ3n) is 10.5. The van der Waals surface area contributed by atoms with E-state index in [1.54, 1.807) is 29.3 Å². The minimum Gasteiger partial charge on any atom is -0.337 e. The van der Waals surface area contributed by atoms with Crippen LogP contribution in [-0.2, 0) is 6.42 Å². The van der Waals surface area contributed by atoms with Gasteiger partial charge in [0, 0.05) is 71.6 Å². The second-order valence-corrected chi connectivity index (χ2v) is 13.9. The maximum atomic E-state index is 17.0. The highest BCUT2D eigenvalue weighted by Crippen LogP contribution is 2.50. The van der Waals surface area contributed by atoms with E-state index in [-0.39, 0.29) is 41.1 Å². The second-order valence-electron chi connectivity index (χ2n) is 13.1. The topological polar surface area (TPSA) is 90.1 Å². The van der Waals surface area contributed by atoms with Crippen molar-refractivity contribution in [3.05, 3.63) is 87.5 Å². The van der Waals surface area contributed by atoms with Crippen LogP contribution in [0.1, 0.15) is 55.2 Å². The lowest BCUT2D eigenvalue weighted by molar-refractivity contribution is 0.165. The maximum Gasteiger partial charge on any atom is 0.326 e. The zero-order valence-electron chi connectivity index (χ0n) is 26.7. The number of pyridine rings is 2. The van der Waals surface area contributed by atoms with Gasteiger partial charge in [-0.1, -0.05) is 41.4 Å².